The van der Waals surface area contributed by atoms with Crippen LogP contribution in [-0.4, -0.2) is 44.7 Å². The fraction of sp³-hybridized carbons (Fsp3) is 0.467. The van der Waals surface area contributed by atoms with Crippen molar-refractivity contribution in [2.24, 2.45) is 0 Å². The maximum atomic E-state index is 12.4. The minimum Gasteiger partial charge on any atom is -0.355 e. The summed E-state index contributed by atoms with van der Waals surface area (Å²) in [7, 11) is -2.39. The van der Waals surface area contributed by atoms with E-state index in [9.17, 15) is 18.0 Å². The van der Waals surface area contributed by atoms with Crippen LogP contribution in [0, 0.1) is 0 Å². The Morgan fingerprint density at radius 2 is 1.78 bits per heavy atom. The number of anilines is 1. The molecule has 0 spiro atoms. The molecule has 0 atom stereocenters. The number of hydrogen-bond donors (Lipinski definition) is 2. The van der Waals surface area contributed by atoms with Crippen molar-refractivity contribution in [3.05, 3.63) is 24.3 Å². The van der Waals surface area contributed by atoms with E-state index < -0.39 is 10.0 Å². The smallest absolute Gasteiger partial charge is 0.243 e. The summed E-state index contributed by atoms with van der Waals surface area (Å²) in [5.41, 5.74) is 0.511. The normalized spacial score (nSPS) is 11.3. The Hall–Kier alpha value is -1.93. The number of carbonyl (C=O) groups excluding carboxylic acids is 2. The molecule has 128 valence electrons. The second kappa shape index (κ2) is 8.64. The number of benzene rings is 1. The van der Waals surface area contributed by atoms with Crippen LogP contribution >= 0.6 is 0 Å². The molecule has 2 N–H and O–H groups in total. The number of nitrogens with zero attached hydrogens (tertiary/aromatic N) is 1. The van der Waals surface area contributed by atoms with Crippen molar-refractivity contribution in [3.63, 3.8) is 0 Å². The van der Waals surface area contributed by atoms with Crippen LogP contribution in [0.25, 0.3) is 0 Å². The lowest BCUT2D eigenvalue weighted by molar-refractivity contribution is -0.121. The van der Waals surface area contributed by atoms with Gasteiger partial charge in [0, 0.05) is 26.2 Å². The lowest BCUT2D eigenvalue weighted by Crippen LogP contribution is -2.38. The molecule has 0 heterocycles. The van der Waals surface area contributed by atoms with Crippen molar-refractivity contribution in [1.82, 2.24) is 9.62 Å². The molecule has 0 fully saturated rings. The van der Waals surface area contributed by atoms with E-state index in [4.69, 9.17) is 0 Å². The van der Waals surface area contributed by atoms with Crippen molar-refractivity contribution >= 4 is 27.5 Å². The van der Waals surface area contributed by atoms with Crippen molar-refractivity contribution in [1.29, 1.82) is 0 Å². The van der Waals surface area contributed by atoms with Crippen LogP contribution in [-0.2, 0) is 19.6 Å². The topological polar surface area (TPSA) is 95.6 Å². The van der Waals surface area contributed by atoms with Gasteiger partial charge in [0.25, 0.3) is 0 Å². The van der Waals surface area contributed by atoms with Gasteiger partial charge < -0.3 is 10.6 Å². The van der Waals surface area contributed by atoms with Gasteiger partial charge in [-0.1, -0.05) is 13.3 Å². The first kappa shape index (κ1) is 19.1. The third-order valence-electron chi connectivity index (χ3n) is 3.10. The molecule has 0 aliphatic carbocycles. The Morgan fingerprint density at radius 1 is 1.17 bits per heavy atom. The second-order valence-corrected chi connectivity index (χ2v) is 7.22. The van der Waals surface area contributed by atoms with Gasteiger partial charge in [0.05, 0.1) is 11.4 Å². The number of unbranched alkanes of at least 4 members (excludes halogenated alkanes) is 1. The van der Waals surface area contributed by atoms with E-state index >= 15 is 0 Å². The summed E-state index contributed by atoms with van der Waals surface area (Å²) in [4.78, 5) is 22.7. The number of likely N-dealkylation sites (N-methyl/N-ethyl adjacent to an activating group) is 1. The molecular weight excluding hydrogens is 318 g/mol. The molecule has 0 aliphatic rings. The average molecular weight is 341 g/mol. The summed E-state index contributed by atoms with van der Waals surface area (Å²) in [6.07, 6.45) is 1.81. The number of amides is 2. The van der Waals surface area contributed by atoms with Crippen LogP contribution in [0.5, 0.6) is 0 Å². The molecule has 0 saturated heterocycles. The Bertz CT molecular complexity index is 641. The van der Waals surface area contributed by atoms with Crippen LogP contribution in [0.1, 0.15) is 26.7 Å². The van der Waals surface area contributed by atoms with Gasteiger partial charge in [-0.2, -0.15) is 4.31 Å². The predicted octanol–water partition coefficient (Wildman–Crippen LogP) is 1.18. The summed E-state index contributed by atoms with van der Waals surface area (Å²) in [5.74, 6) is -0.569. The molecule has 2 amide bonds. The van der Waals surface area contributed by atoms with E-state index in [1.807, 2.05) is 6.92 Å². The predicted molar refractivity (Wildman–Crippen MR) is 88.5 cm³/mol. The first-order valence-electron chi connectivity index (χ1n) is 7.38. The molecule has 8 heteroatoms. The maximum Gasteiger partial charge on any atom is 0.243 e. The van der Waals surface area contributed by atoms with Crippen LogP contribution in [0.2, 0.25) is 0 Å². The van der Waals surface area contributed by atoms with Gasteiger partial charge >= 0.3 is 0 Å². The number of carbonyl (C=O) groups is 2. The van der Waals surface area contributed by atoms with Crippen molar-refractivity contribution in [2.75, 3.05) is 25.5 Å². The zero-order chi connectivity index (χ0) is 17.5. The van der Waals surface area contributed by atoms with E-state index in [1.165, 1.54) is 38.2 Å². The standard InChI is InChI=1S/C15H23N3O4S/c1-4-5-10-16-15(20)11-18(3)23(21,22)14-8-6-13(7-9-14)17-12(2)19/h6-9H,4-5,10-11H2,1-3H3,(H,16,20)(H,17,19). The van der Waals surface area contributed by atoms with Crippen LogP contribution in [0.15, 0.2) is 29.2 Å². The largest absolute Gasteiger partial charge is 0.355 e. The van der Waals surface area contributed by atoms with Gasteiger partial charge in [-0.05, 0) is 30.7 Å². The van der Waals surface area contributed by atoms with Crippen molar-refractivity contribution in [2.45, 2.75) is 31.6 Å². The highest BCUT2D eigenvalue weighted by Crippen LogP contribution is 2.17. The molecule has 0 unspecified atom stereocenters. The first-order chi connectivity index (χ1) is 10.8. The third kappa shape index (κ3) is 5.99. The van der Waals surface area contributed by atoms with E-state index in [0.717, 1.165) is 17.1 Å². The second-order valence-electron chi connectivity index (χ2n) is 5.17. The SMILES string of the molecule is CCCCNC(=O)CN(C)S(=O)(=O)c1ccc(NC(C)=O)cc1. The van der Waals surface area contributed by atoms with E-state index in [1.54, 1.807) is 0 Å². The maximum absolute atomic E-state index is 12.4. The summed E-state index contributed by atoms with van der Waals surface area (Å²) < 4.78 is 25.8. The van der Waals surface area contributed by atoms with Crippen LogP contribution < -0.4 is 10.6 Å². The van der Waals surface area contributed by atoms with Gasteiger partial charge in [0.2, 0.25) is 21.8 Å². The number of rotatable bonds is 8. The van der Waals surface area contributed by atoms with Crippen LogP contribution in [0.3, 0.4) is 0 Å². The van der Waals surface area contributed by atoms with Gasteiger partial charge in [-0.15, -0.1) is 0 Å². The molecule has 0 bridgehead atoms. The molecule has 0 aliphatic heterocycles. The number of nitrogens with one attached hydrogen (secondary N) is 2. The highest BCUT2D eigenvalue weighted by atomic mass is 32.2. The van der Waals surface area contributed by atoms with Crippen LogP contribution in [0.4, 0.5) is 5.69 Å². The molecule has 1 aromatic rings. The van der Waals surface area contributed by atoms with Gasteiger partial charge in [-0.25, -0.2) is 8.42 Å². The number of sulfonamides is 1. The quantitative estimate of drug-likeness (QED) is 0.694. The Balaban J connectivity index is 2.73. The molecule has 0 aromatic heterocycles. The molecule has 23 heavy (non-hydrogen) atoms. The molecular formula is C15H23N3O4S. The molecule has 0 saturated carbocycles. The molecule has 1 rings (SSSR count). The lowest BCUT2D eigenvalue weighted by Gasteiger charge is -2.17. The van der Waals surface area contributed by atoms with Gasteiger partial charge in [0.1, 0.15) is 0 Å². The summed E-state index contributed by atoms with van der Waals surface area (Å²) in [6, 6.07) is 5.80. The summed E-state index contributed by atoms with van der Waals surface area (Å²) in [6.45, 7) is 3.68. The molecule has 1 aromatic carbocycles. The monoisotopic (exact) mass is 341 g/mol. The third-order valence-corrected chi connectivity index (χ3v) is 4.92. The minimum absolute atomic E-state index is 0.0652. The van der Waals surface area contributed by atoms with Crippen molar-refractivity contribution < 1.29 is 18.0 Å². The zero-order valence-electron chi connectivity index (χ0n) is 13.6. The fourth-order valence-corrected chi connectivity index (χ4v) is 2.97. The molecule has 0 radical (unpaired) electrons. The van der Waals surface area contributed by atoms with E-state index in [0.29, 0.717) is 12.2 Å². The first-order valence-corrected chi connectivity index (χ1v) is 8.82. The summed E-state index contributed by atoms with van der Waals surface area (Å²) >= 11 is 0. The average Bonchev–Trinajstić information content (AvgIpc) is 2.47. The summed E-state index contributed by atoms with van der Waals surface area (Å²) in [5, 5.41) is 5.24. The Kier molecular flexibility index (Phi) is 7.18. The highest BCUT2D eigenvalue weighted by Gasteiger charge is 2.22. The lowest BCUT2D eigenvalue weighted by atomic mass is 10.3. The Labute approximate surface area is 137 Å². The fourth-order valence-electron chi connectivity index (χ4n) is 1.84. The van der Waals surface area contributed by atoms with E-state index in [2.05, 4.69) is 10.6 Å². The number of hydrogen-bond acceptors (Lipinski definition) is 4. The van der Waals surface area contributed by atoms with E-state index in [-0.39, 0.29) is 23.3 Å². The zero-order valence-corrected chi connectivity index (χ0v) is 14.4. The minimum atomic E-state index is -3.75. The van der Waals surface area contributed by atoms with Gasteiger partial charge in [0.15, 0.2) is 0 Å². The highest BCUT2D eigenvalue weighted by molar-refractivity contribution is 7.89. The Morgan fingerprint density at radius 3 is 2.30 bits per heavy atom. The van der Waals surface area contributed by atoms with Gasteiger partial charge in [-0.3, -0.25) is 9.59 Å². The molecule has 7 nitrogen and oxygen atoms in total. The van der Waals surface area contributed by atoms with Crippen molar-refractivity contribution in [3.8, 4) is 0 Å².